The summed E-state index contributed by atoms with van der Waals surface area (Å²) in [5.41, 5.74) is 5.16. The van der Waals surface area contributed by atoms with Gasteiger partial charge in [-0.3, -0.25) is 0 Å². The van der Waals surface area contributed by atoms with E-state index in [-0.39, 0.29) is 5.56 Å². The van der Waals surface area contributed by atoms with Gasteiger partial charge in [0.2, 0.25) is 0 Å². The summed E-state index contributed by atoms with van der Waals surface area (Å²) in [6.07, 6.45) is 0.456. The molecule has 3 rings (SSSR count). The van der Waals surface area contributed by atoms with Crippen molar-refractivity contribution < 1.29 is 8.78 Å². The largest absolute Gasteiger partial charge is 0.207 e. The fourth-order valence-electron chi connectivity index (χ4n) is 3.07. The SMILES string of the molecule is C=C(C)C1=C(c2cc(F)ccc2F)Cc2cc(Cl)ccc2C1=C. The minimum absolute atomic E-state index is 0.245. The van der Waals surface area contributed by atoms with Crippen molar-refractivity contribution in [2.45, 2.75) is 13.3 Å². The Morgan fingerprint density at radius 3 is 2.52 bits per heavy atom. The third-order valence-corrected chi connectivity index (χ3v) is 4.28. The first-order valence-corrected chi connectivity index (χ1v) is 7.59. The van der Waals surface area contributed by atoms with Crippen LogP contribution in [-0.4, -0.2) is 0 Å². The summed E-state index contributed by atoms with van der Waals surface area (Å²) < 4.78 is 27.9. The van der Waals surface area contributed by atoms with E-state index in [2.05, 4.69) is 13.2 Å². The van der Waals surface area contributed by atoms with Gasteiger partial charge in [-0.25, -0.2) is 8.78 Å². The molecule has 1 aliphatic carbocycles. The molecule has 0 nitrogen and oxygen atoms in total. The Morgan fingerprint density at radius 1 is 1.09 bits per heavy atom. The topological polar surface area (TPSA) is 0 Å². The molecule has 1 aliphatic rings. The van der Waals surface area contributed by atoms with Crippen molar-refractivity contribution in [2.75, 3.05) is 0 Å². The predicted molar refractivity (Wildman–Crippen MR) is 92.3 cm³/mol. The summed E-state index contributed by atoms with van der Waals surface area (Å²) in [5, 5.41) is 0.606. The second-order valence-electron chi connectivity index (χ2n) is 5.71. The van der Waals surface area contributed by atoms with Gasteiger partial charge in [0, 0.05) is 10.6 Å². The number of rotatable bonds is 2. The maximum absolute atomic E-state index is 14.3. The first kappa shape index (κ1) is 15.7. The molecule has 2 aromatic rings. The molecule has 0 heterocycles. The third-order valence-electron chi connectivity index (χ3n) is 4.04. The highest BCUT2D eigenvalue weighted by Crippen LogP contribution is 2.42. The van der Waals surface area contributed by atoms with Crippen LogP contribution in [0.4, 0.5) is 8.78 Å². The maximum Gasteiger partial charge on any atom is 0.130 e. The zero-order valence-electron chi connectivity index (χ0n) is 12.7. The minimum atomic E-state index is -0.475. The van der Waals surface area contributed by atoms with E-state index in [1.807, 2.05) is 19.1 Å². The molecule has 3 heteroatoms. The molecule has 0 radical (unpaired) electrons. The molecule has 0 saturated carbocycles. The fraction of sp³-hybridized carbons (Fsp3) is 0.100. The monoisotopic (exact) mass is 328 g/mol. The molecule has 0 saturated heterocycles. The summed E-state index contributed by atoms with van der Waals surface area (Å²) >= 11 is 6.08. The van der Waals surface area contributed by atoms with E-state index < -0.39 is 11.6 Å². The van der Waals surface area contributed by atoms with Crippen LogP contribution < -0.4 is 0 Å². The van der Waals surface area contributed by atoms with Crippen LogP contribution in [0.15, 0.2) is 60.7 Å². The van der Waals surface area contributed by atoms with Crippen molar-refractivity contribution in [2.24, 2.45) is 0 Å². The van der Waals surface area contributed by atoms with Crippen molar-refractivity contribution >= 4 is 22.7 Å². The van der Waals surface area contributed by atoms with Gasteiger partial charge < -0.3 is 0 Å². The number of allylic oxidation sites excluding steroid dienone is 4. The Bertz CT molecular complexity index is 875. The average molecular weight is 329 g/mol. The van der Waals surface area contributed by atoms with Crippen molar-refractivity contribution in [1.29, 1.82) is 0 Å². The molecular formula is C20H15ClF2. The quantitative estimate of drug-likeness (QED) is 0.614. The van der Waals surface area contributed by atoms with Crippen LogP contribution in [-0.2, 0) is 6.42 Å². The summed E-state index contributed by atoms with van der Waals surface area (Å²) in [6.45, 7) is 9.97. The number of fused-ring (bicyclic) bond motifs is 1. The number of hydrogen-bond acceptors (Lipinski definition) is 0. The molecule has 116 valence electrons. The van der Waals surface area contributed by atoms with Gasteiger partial charge in [-0.1, -0.05) is 36.4 Å². The van der Waals surface area contributed by atoms with E-state index in [1.165, 1.54) is 6.07 Å². The first-order valence-electron chi connectivity index (χ1n) is 7.21. The van der Waals surface area contributed by atoms with Crippen LogP contribution in [0, 0.1) is 11.6 Å². The van der Waals surface area contributed by atoms with E-state index >= 15 is 0 Å². The van der Waals surface area contributed by atoms with Crippen LogP contribution >= 0.6 is 11.6 Å². The maximum atomic E-state index is 14.3. The molecule has 0 aromatic heterocycles. The van der Waals surface area contributed by atoms with Gasteiger partial charge in [0.25, 0.3) is 0 Å². The average Bonchev–Trinajstić information content (AvgIpc) is 2.48. The normalized spacial score (nSPS) is 14.0. The molecule has 2 aromatic carbocycles. The van der Waals surface area contributed by atoms with E-state index in [9.17, 15) is 8.78 Å². The standard InChI is InChI=1S/C20H15ClF2/c1-11(2)20-12(3)16-6-4-14(21)8-13(16)9-18(20)17-10-15(22)5-7-19(17)23/h4-8,10H,1,3,9H2,2H3. The Morgan fingerprint density at radius 2 is 1.83 bits per heavy atom. The van der Waals surface area contributed by atoms with Gasteiger partial charge in [0.15, 0.2) is 0 Å². The van der Waals surface area contributed by atoms with E-state index in [4.69, 9.17) is 11.6 Å². The Hall–Kier alpha value is -2.19. The van der Waals surface area contributed by atoms with Gasteiger partial charge in [-0.15, -0.1) is 0 Å². The summed E-state index contributed by atoms with van der Waals surface area (Å²) in [7, 11) is 0. The molecule has 0 aliphatic heterocycles. The van der Waals surface area contributed by atoms with Crippen LogP contribution in [0.25, 0.3) is 11.1 Å². The first-order chi connectivity index (χ1) is 10.9. The Kier molecular flexibility index (Phi) is 3.95. The Labute approximate surface area is 139 Å². The highest BCUT2D eigenvalue weighted by atomic mass is 35.5. The lowest BCUT2D eigenvalue weighted by molar-refractivity contribution is 0.596. The second kappa shape index (κ2) is 5.78. The number of halogens is 3. The molecule has 0 spiro atoms. The molecular weight excluding hydrogens is 314 g/mol. The molecule has 23 heavy (non-hydrogen) atoms. The fourth-order valence-corrected chi connectivity index (χ4v) is 3.27. The van der Waals surface area contributed by atoms with Crippen LogP contribution in [0.1, 0.15) is 23.6 Å². The van der Waals surface area contributed by atoms with Crippen molar-refractivity contribution in [3.05, 3.63) is 94.0 Å². The second-order valence-corrected chi connectivity index (χ2v) is 6.15. The molecule has 0 unspecified atom stereocenters. The summed E-state index contributed by atoms with van der Waals surface area (Å²) in [4.78, 5) is 0. The molecule has 0 atom stereocenters. The predicted octanol–water partition coefficient (Wildman–Crippen LogP) is 6.22. The zero-order chi connectivity index (χ0) is 16.7. The van der Waals surface area contributed by atoms with E-state index in [0.29, 0.717) is 17.0 Å². The third kappa shape index (κ3) is 2.75. The highest BCUT2D eigenvalue weighted by Gasteiger charge is 2.25. The zero-order valence-corrected chi connectivity index (χ0v) is 13.5. The van der Waals surface area contributed by atoms with Crippen LogP contribution in [0.2, 0.25) is 5.02 Å². The molecule has 0 fully saturated rings. The van der Waals surface area contributed by atoms with Gasteiger partial charge in [-0.05, 0) is 71.5 Å². The van der Waals surface area contributed by atoms with Crippen molar-refractivity contribution in [3.63, 3.8) is 0 Å². The lowest BCUT2D eigenvalue weighted by Crippen LogP contribution is -2.09. The number of hydrogen-bond donors (Lipinski definition) is 0. The summed E-state index contributed by atoms with van der Waals surface area (Å²) in [6, 6.07) is 9.02. The smallest absolute Gasteiger partial charge is 0.130 e. The van der Waals surface area contributed by atoms with Gasteiger partial charge in [0.05, 0.1) is 0 Å². The summed E-state index contributed by atoms with van der Waals surface area (Å²) in [5.74, 6) is -0.934. The minimum Gasteiger partial charge on any atom is -0.207 e. The lowest BCUT2D eigenvalue weighted by Gasteiger charge is -2.26. The van der Waals surface area contributed by atoms with E-state index in [1.54, 1.807) is 6.07 Å². The van der Waals surface area contributed by atoms with Crippen molar-refractivity contribution in [3.8, 4) is 0 Å². The Balaban J connectivity index is 2.27. The highest BCUT2D eigenvalue weighted by molar-refractivity contribution is 6.30. The van der Waals surface area contributed by atoms with E-state index in [0.717, 1.165) is 40.0 Å². The lowest BCUT2D eigenvalue weighted by atomic mass is 9.78. The molecule has 0 bridgehead atoms. The number of benzene rings is 2. The van der Waals surface area contributed by atoms with Crippen LogP contribution in [0.3, 0.4) is 0 Å². The van der Waals surface area contributed by atoms with Gasteiger partial charge in [-0.2, -0.15) is 0 Å². The van der Waals surface area contributed by atoms with Crippen molar-refractivity contribution in [1.82, 2.24) is 0 Å². The van der Waals surface area contributed by atoms with Gasteiger partial charge in [0.1, 0.15) is 11.6 Å². The van der Waals surface area contributed by atoms with Crippen LogP contribution in [0.5, 0.6) is 0 Å². The van der Waals surface area contributed by atoms with Gasteiger partial charge >= 0.3 is 0 Å². The molecule has 0 N–H and O–H groups in total. The molecule has 0 amide bonds.